The highest BCUT2D eigenvalue weighted by Crippen LogP contribution is 2.26. The summed E-state index contributed by atoms with van der Waals surface area (Å²) in [4.78, 5) is 35.6. The van der Waals surface area contributed by atoms with Crippen LogP contribution in [-0.4, -0.2) is 69.2 Å². The Balaban J connectivity index is 1.38. The third-order valence-corrected chi connectivity index (χ3v) is 6.44. The topological polar surface area (TPSA) is 171 Å². The minimum absolute atomic E-state index is 0.0598. The van der Waals surface area contributed by atoms with Crippen LogP contribution in [0.4, 0.5) is 5.69 Å². The highest BCUT2D eigenvalue weighted by Gasteiger charge is 2.44. The van der Waals surface area contributed by atoms with Gasteiger partial charge >= 0.3 is 0 Å². The number of carbonyl (C=O) groups excluding carboxylic acids is 2. The van der Waals surface area contributed by atoms with Crippen LogP contribution in [0.15, 0.2) is 72.8 Å². The molecule has 38 heavy (non-hydrogen) atoms. The number of benzene rings is 3. The first kappa shape index (κ1) is 27.2. The van der Waals surface area contributed by atoms with Gasteiger partial charge in [-0.3, -0.25) is 19.7 Å². The zero-order chi connectivity index (χ0) is 27.4. The van der Waals surface area contributed by atoms with Gasteiger partial charge in [-0.15, -0.1) is 0 Å². The van der Waals surface area contributed by atoms with Crippen LogP contribution in [0.25, 0.3) is 11.1 Å². The molecule has 1 aliphatic rings. The van der Waals surface area contributed by atoms with Crippen LogP contribution < -0.4 is 10.6 Å². The summed E-state index contributed by atoms with van der Waals surface area (Å²) in [6.07, 6.45) is -6.15. The van der Waals surface area contributed by atoms with Crippen molar-refractivity contribution in [1.82, 2.24) is 10.6 Å². The van der Waals surface area contributed by atoms with Crippen molar-refractivity contribution < 1.29 is 34.6 Å². The van der Waals surface area contributed by atoms with Gasteiger partial charge in [0.05, 0.1) is 4.92 Å². The number of nitrogens with one attached hydrogen (secondary N) is 2. The second-order valence-corrected chi connectivity index (χ2v) is 9.03. The molecule has 0 radical (unpaired) electrons. The molecule has 5 N–H and O–H groups in total. The maximum absolute atomic E-state index is 12.9. The fourth-order valence-corrected chi connectivity index (χ4v) is 4.25. The molecule has 1 aliphatic heterocycles. The molecule has 198 valence electrons. The van der Waals surface area contributed by atoms with Crippen molar-refractivity contribution in [2.75, 3.05) is 6.54 Å². The molecule has 0 bridgehead atoms. The molecule has 11 nitrogen and oxygen atoms in total. The molecule has 12 heteroatoms. The second kappa shape index (κ2) is 11.7. The SMILES string of the molecule is O=C(NC[C@H]1OC(O)[C@H](NC(=O)c2cccc(-c3ccccc3)c2)[C@@H](O)[C@@H]1O)c1ccc(Cl)c([N+](=O)[O-])c1. The largest absolute Gasteiger partial charge is 0.388 e. The van der Waals surface area contributed by atoms with E-state index >= 15 is 0 Å². The molecule has 0 aliphatic carbocycles. The summed E-state index contributed by atoms with van der Waals surface area (Å²) in [5.41, 5.74) is 1.45. The van der Waals surface area contributed by atoms with Crippen molar-refractivity contribution in [3.8, 4) is 11.1 Å². The number of hydrogen-bond donors (Lipinski definition) is 5. The van der Waals surface area contributed by atoms with E-state index in [9.17, 15) is 35.0 Å². The molecular weight excluding hydrogens is 518 g/mol. The van der Waals surface area contributed by atoms with Crippen molar-refractivity contribution in [3.63, 3.8) is 0 Å². The van der Waals surface area contributed by atoms with Crippen molar-refractivity contribution in [2.45, 2.75) is 30.6 Å². The lowest BCUT2D eigenvalue weighted by Crippen LogP contribution is -2.65. The van der Waals surface area contributed by atoms with Crippen LogP contribution >= 0.6 is 11.6 Å². The van der Waals surface area contributed by atoms with E-state index in [1.807, 2.05) is 36.4 Å². The molecule has 5 atom stereocenters. The Morgan fingerprint density at radius 3 is 2.29 bits per heavy atom. The summed E-state index contributed by atoms with van der Waals surface area (Å²) in [5.74, 6) is -1.32. The van der Waals surface area contributed by atoms with Crippen molar-refractivity contribution in [3.05, 3.63) is 99.1 Å². The van der Waals surface area contributed by atoms with Crippen LogP contribution in [0.1, 0.15) is 20.7 Å². The van der Waals surface area contributed by atoms with Crippen molar-refractivity contribution in [2.24, 2.45) is 0 Å². The normalized spacial score (nSPS) is 22.9. The summed E-state index contributed by atoms with van der Waals surface area (Å²) >= 11 is 5.76. The Bertz CT molecular complexity index is 1340. The van der Waals surface area contributed by atoms with Crippen molar-refractivity contribution >= 4 is 29.1 Å². The van der Waals surface area contributed by atoms with Crippen LogP contribution in [0.3, 0.4) is 0 Å². The van der Waals surface area contributed by atoms with Crippen LogP contribution in [0.2, 0.25) is 5.02 Å². The first-order valence-corrected chi connectivity index (χ1v) is 11.9. The Kier molecular flexibility index (Phi) is 8.35. The minimum atomic E-state index is -1.70. The highest BCUT2D eigenvalue weighted by molar-refractivity contribution is 6.32. The standard InChI is InChI=1S/C26H24ClN3O8/c27-18-10-9-17(12-19(18)30(36)37)24(33)28-13-20-22(31)23(32)21(26(35)38-20)29-25(34)16-8-4-7-15(11-16)14-5-2-1-3-6-14/h1-12,20-23,26,31-32,35H,13H2,(H,28,33)(H,29,34)/t20-,21-,22-,23-,26?/m1/s1. The number of nitro groups is 1. The number of ether oxygens (including phenoxy) is 1. The summed E-state index contributed by atoms with van der Waals surface area (Å²) in [6.45, 7) is -0.343. The van der Waals surface area contributed by atoms with E-state index < -0.39 is 53.1 Å². The lowest BCUT2D eigenvalue weighted by atomic mass is 9.96. The highest BCUT2D eigenvalue weighted by atomic mass is 35.5. The van der Waals surface area contributed by atoms with E-state index in [-0.39, 0.29) is 22.7 Å². The van der Waals surface area contributed by atoms with Crippen LogP contribution in [-0.2, 0) is 4.74 Å². The summed E-state index contributed by atoms with van der Waals surface area (Å²) < 4.78 is 5.37. The molecule has 1 saturated heterocycles. The first-order valence-electron chi connectivity index (χ1n) is 11.5. The molecule has 3 aromatic rings. The molecule has 1 heterocycles. The van der Waals surface area contributed by atoms with E-state index in [1.165, 1.54) is 12.1 Å². The average molecular weight is 542 g/mol. The van der Waals surface area contributed by atoms with Gasteiger partial charge < -0.3 is 30.7 Å². The molecule has 0 aromatic heterocycles. The number of carbonyl (C=O) groups is 2. The van der Waals surface area contributed by atoms with Gasteiger partial charge in [0, 0.05) is 23.7 Å². The molecule has 1 fully saturated rings. The number of rotatable bonds is 7. The van der Waals surface area contributed by atoms with E-state index in [2.05, 4.69) is 10.6 Å². The van der Waals surface area contributed by atoms with Gasteiger partial charge in [-0.2, -0.15) is 0 Å². The maximum atomic E-state index is 12.9. The van der Waals surface area contributed by atoms with E-state index in [1.54, 1.807) is 18.2 Å². The third kappa shape index (κ3) is 5.98. The first-order chi connectivity index (χ1) is 18.2. The second-order valence-electron chi connectivity index (χ2n) is 8.63. The maximum Gasteiger partial charge on any atom is 0.288 e. The number of amides is 2. The van der Waals surface area contributed by atoms with Gasteiger partial charge in [-0.1, -0.05) is 54.1 Å². The Hall–Kier alpha value is -3.87. The smallest absolute Gasteiger partial charge is 0.288 e. The number of aliphatic hydroxyl groups excluding tert-OH is 3. The van der Waals surface area contributed by atoms with Gasteiger partial charge in [0.25, 0.3) is 17.5 Å². The minimum Gasteiger partial charge on any atom is -0.388 e. The number of aliphatic hydroxyl groups is 3. The van der Waals surface area contributed by atoms with E-state index in [4.69, 9.17) is 16.3 Å². The van der Waals surface area contributed by atoms with E-state index in [0.717, 1.165) is 17.2 Å². The number of nitro benzene ring substituents is 1. The zero-order valence-electron chi connectivity index (χ0n) is 19.7. The Morgan fingerprint density at radius 1 is 0.895 bits per heavy atom. The van der Waals surface area contributed by atoms with Gasteiger partial charge in [-0.05, 0) is 35.4 Å². The molecule has 2 amide bonds. The third-order valence-electron chi connectivity index (χ3n) is 6.12. The molecule has 4 rings (SSSR count). The summed E-state index contributed by atoms with van der Waals surface area (Å²) in [7, 11) is 0. The van der Waals surface area contributed by atoms with Gasteiger partial charge in [0.2, 0.25) is 0 Å². The lowest BCUT2D eigenvalue weighted by Gasteiger charge is -2.41. The van der Waals surface area contributed by atoms with Crippen molar-refractivity contribution in [1.29, 1.82) is 0 Å². The summed E-state index contributed by atoms with van der Waals surface area (Å²) in [5, 5.41) is 47.4. The fourth-order valence-electron chi connectivity index (χ4n) is 4.07. The number of nitrogens with zero attached hydrogens (tertiary/aromatic N) is 1. The lowest BCUT2D eigenvalue weighted by molar-refractivity contribution is -0.384. The van der Waals surface area contributed by atoms with Gasteiger partial charge in [0.15, 0.2) is 6.29 Å². The Morgan fingerprint density at radius 2 is 1.58 bits per heavy atom. The Labute approximate surface area is 221 Å². The molecule has 1 unspecified atom stereocenters. The number of hydrogen-bond acceptors (Lipinski definition) is 8. The zero-order valence-corrected chi connectivity index (χ0v) is 20.5. The fraction of sp³-hybridized carbons (Fsp3) is 0.231. The quantitative estimate of drug-likeness (QED) is 0.223. The summed E-state index contributed by atoms with van der Waals surface area (Å²) in [6, 6.07) is 18.3. The monoisotopic (exact) mass is 541 g/mol. The predicted molar refractivity (Wildman–Crippen MR) is 136 cm³/mol. The predicted octanol–water partition coefficient (Wildman–Crippen LogP) is 1.88. The molecule has 3 aromatic carbocycles. The van der Waals surface area contributed by atoms with Crippen LogP contribution in [0.5, 0.6) is 0 Å². The van der Waals surface area contributed by atoms with Gasteiger partial charge in [0.1, 0.15) is 29.4 Å². The number of halogens is 1. The van der Waals surface area contributed by atoms with E-state index in [0.29, 0.717) is 0 Å². The van der Waals surface area contributed by atoms with Gasteiger partial charge in [-0.25, -0.2) is 0 Å². The average Bonchev–Trinajstić information content (AvgIpc) is 2.92. The molecule has 0 spiro atoms. The molecule has 0 saturated carbocycles. The molecular formula is C26H24ClN3O8. The van der Waals surface area contributed by atoms with Crippen LogP contribution in [0, 0.1) is 10.1 Å².